The molecule has 7 heteroatoms. The van der Waals surface area contributed by atoms with Crippen LogP contribution in [0.25, 0.3) is 22.2 Å². The number of amides is 3. The van der Waals surface area contributed by atoms with E-state index in [0.717, 1.165) is 28.7 Å². The van der Waals surface area contributed by atoms with E-state index in [4.69, 9.17) is 0 Å². The van der Waals surface area contributed by atoms with E-state index >= 15 is 0 Å². The van der Waals surface area contributed by atoms with Gasteiger partial charge in [-0.15, -0.1) is 0 Å². The number of hydrogen-bond donors (Lipinski definition) is 1. The SMILES string of the molecule is CN1CCN(CCNC(=O)c2ccc(-c3nccc4ncccc34)cc2)C1=O. The summed E-state index contributed by atoms with van der Waals surface area (Å²) in [5, 5.41) is 3.85. The van der Waals surface area contributed by atoms with E-state index in [1.165, 1.54) is 0 Å². The zero-order chi connectivity index (χ0) is 19.5. The Morgan fingerprint density at radius 1 is 1.07 bits per heavy atom. The van der Waals surface area contributed by atoms with Gasteiger partial charge in [0, 0.05) is 62.1 Å². The van der Waals surface area contributed by atoms with Gasteiger partial charge in [-0.1, -0.05) is 12.1 Å². The highest BCUT2D eigenvalue weighted by Gasteiger charge is 2.24. The Morgan fingerprint density at radius 3 is 2.64 bits per heavy atom. The Hall–Kier alpha value is -3.48. The van der Waals surface area contributed by atoms with Gasteiger partial charge in [0.05, 0.1) is 11.2 Å². The molecule has 3 amide bonds. The molecule has 1 saturated heterocycles. The third kappa shape index (κ3) is 3.51. The van der Waals surface area contributed by atoms with Crippen LogP contribution in [0.4, 0.5) is 4.79 Å². The lowest BCUT2D eigenvalue weighted by molar-refractivity contribution is 0.0950. The predicted molar refractivity (Wildman–Crippen MR) is 107 cm³/mol. The fourth-order valence-corrected chi connectivity index (χ4v) is 3.33. The van der Waals surface area contributed by atoms with Crippen LogP contribution in [0.2, 0.25) is 0 Å². The van der Waals surface area contributed by atoms with Gasteiger partial charge in [-0.25, -0.2) is 4.79 Å². The van der Waals surface area contributed by atoms with Gasteiger partial charge < -0.3 is 15.1 Å². The van der Waals surface area contributed by atoms with E-state index in [1.807, 2.05) is 30.3 Å². The van der Waals surface area contributed by atoms with Crippen LogP contribution in [0, 0.1) is 0 Å². The zero-order valence-corrected chi connectivity index (χ0v) is 15.6. The molecule has 3 heterocycles. The molecule has 1 N–H and O–H groups in total. The number of benzene rings is 1. The zero-order valence-electron chi connectivity index (χ0n) is 15.6. The minimum atomic E-state index is -0.154. The summed E-state index contributed by atoms with van der Waals surface area (Å²) in [5.41, 5.74) is 3.23. The summed E-state index contributed by atoms with van der Waals surface area (Å²) in [6.45, 7) is 2.37. The maximum atomic E-state index is 12.4. The second-order valence-electron chi connectivity index (χ2n) is 6.75. The van der Waals surface area contributed by atoms with E-state index < -0.39 is 0 Å². The molecule has 0 atom stereocenters. The molecule has 3 aromatic rings. The van der Waals surface area contributed by atoms with Crippen molar-refractivity contribution in [2.45, 2.75) is 0 Å². The average Bonchev–Trinajstić information content (AvgIpc) is 3.05. The van der Waals surface area contributed by atoms with Gasteiger partial charge in [-0.05, 0) is 30.3 Å². The van der Waals surface area contributed by atoms with Crippen molar-refractivity contribution in [3.05, 3.63) is 60.4 Å². The molecule has 0 radical (unpaired) electrons. The number of pyridine rings is 2. The van der Waals surface area contributed by atoms with E-state index in [9.17, 15) is 9.59 Å². The van der Waals surface area contributed by atoms with Gasteiger partial charge in [-0.2, -0.15) is 0 Å². The van der Waals surface area contributed by atoms with Crippen molar-refractivity contribution in [2.24, 2.45) is 0 Å². The van der Waals surface area contributed by atoms with Crippen molar-refractivity contribution in [3.8, 4) is 11.3 Å². The average molecular weight is 375 g/mol. The predicted octanol–water partition coefficient (Wildman–Crippen LogP) is 2.39. The number of nitrogens with zero attached hydrogens (tertiary/aromatic N) is 4. The van der Waals surface area contributed by atoms with Crippen LogP contribution < -0.4 is 5.32 Å². The summed E-state index contributed by atoms with van der Waals surface area (Å²) in [6.07, 6.45) is 3.50. The number of likely N-dealkylation sites (N-methyl/N-ethyl adjacent to an activating group) is 1. The first-order valence-electron chi connectivity index (χ1n) is 9.22. The van der Waals surface area contributed by atoms with Crippen LogP contribution in [0.5, 0.6) is 0 Å². The summed E-state index contributed by atoms with van der Waals surface area (Å²) in [5.74, 6) is -0.154. The van der Waals surface area contributed by atoms with Crippen LogP contribution >= 0.6 is 0 Å². The molecule has 28 heavy (non-hydrogen) atoms. The topological polar surface area (TPSA) is 78.4 Å². The Kier molecular flexibility index (Phi) is 4.89. The highest BCUT2D eigenvalue weighted by Crippen LogP contribution is 2.25. The second kappa shape index (κ2) is 7.64. The third-order valence-corrected chi connectivity index (χ3v) is 4.92. The number of nitrogens with one attached hydrogen (secondary N) is 1. The highest BCUT2D eigenvalue weighted by atomic mass is 16.2. The van der Waals surface area contributed by atoms with Crippen LogP contribution in [-0.4, -0.2) is 64.9 Å². The molecule has 1 fully saturated rings. The monoisotopic (exact) mass is 375 g/mol. The number of fused-ring (bicyclic) bond motifs is 1. The molecule has 0 spiro atoms. The van der Waals surface area contributed by atoms with E-state index in [2.05, 4.69) is 15.3 Å². The summed E-state index contributed by atoms with van der Waals surface area (Å²) in [7, 11) is 1.78. The van der Waals surface area contributed by atoms with Crippen LogP contribution in [0.3, 0.4) is 0 Å². The minimum Gasteiger partial charge on any atom is -0.350 e. The molecule has 0 saturated carbocycles. The molecule has 1 aliphatic heterocycles. The number of urea groups is 1. The Labute approximate surface area is 163 Å². The highest BCUT2D eigenvalue weighted by molar-refractivity contribution is 5.96. The van der Waals surface area contributed by atoms with E-state index in [-0.39, 0.29) is 11.9 Å². The maximum absolute atomic E-state index is 12.4. The first-order chi connectivity index (χ1) is 13.6. The van der Waals surface area contributed by atoms with Crippen molar-refractivity contribution < 1.29 is 9.59 Å². The van der Waals surface area contributed by atoms with E-state index in [1.54, 1.807) is 41.4 Å². The summed E-state index contributed by atoms with van der Waals surface area (Å²) in [4.78, 5) is 36.5. The van der Waals surface area contributed by atoms with Crippen molar-refractivity contribution in [1.82, 2.24) is 25.1 Å². The smallest absolute Gasteiger partial charge is 0.319 e. The van der Waals surface area contributed by atoms with Crippen molar-refractivity contribution in [1.29, 1.82) is 0 Å². The lowest BCUT2D eigenvalue weighted by Gasteiger charge is -2.16. The first kappa shape index (κ1) is 17.9. The Balaban J connectivity index is 1.41. The maximum Gasteiger partial charge on any atom is 0.319 e. The van der Waals surface area contributed by atoms with Crippen LogP contribution in [0.1, 0.15) is 10.4 Å². The van der Waals surface area contributed by atoms with Crippen LogP contribution in [0.15, 0.2) is 54.9 Å². The third-order valence-electron chi connectivity index (χ3n) is 4.92. The molecule has 0 unspecified atom stereocenters. The fourth-order valence-electron chi connectivity index (χ4n) is 3.33. The van der Waals surface area contributed by atoms with Crippen LogP contribution in [-0.2, 0) is 0 Å². The Morgan fingerprint density at radius 2 is 1.89 bits per heavy atom. The van der Waals surface area contributed by atoms with Crippen molar-refractivity contribution in [3.63, 3.8) is 0 Å². The lowest BCUT2D eigenvalue weighted by Crippen LogP contribution is -2.37. The number of carbonyl (C=O) groups is 2. The second-order valence-corrected chi connectivity index (χ2v) is 6.75. The number of aromatic nitrogens is 2. The van der Waals surface area contributed by atoms with Gasteiger partial charge in [0.25, 0.3) is 5.91 Å². The van der Waals surface area contributed by atoms with Gasteiger partial charge in [-0.3, -0.25) is 14.8 Å². The summed E-state index contributed by atoms with van der Waals surface area (Å²) < 4.78 is 0. The molecule has 0 aliphatic carbocycles. The number of hydrogen-bond acceptors (Lipinski definition) is 4. The number of rotatable bonds is 5. The lowest BCUT2D eigenvalue weighted by atomic mass is 10.0. The van der Waals surface area contributed by atoms with Gasteiger partial charge in [0.2, 0.25) is 0 Å². The quantitative estimate of drug-likeness (QED) is 0.743. The largest absolute Gasteiger partial charge is 0.350 e. The normalized spacial score (nSPS) is 14.0. The molecule has 0 bridgehead atoms. The van der Waals surface area contributed by atoms with Gasteiger partial charge >= 0.3 is 6.03 Å². The number of carbonyl (C=O) groups excluding carboxylic acids is 2. The first-order valence-corrected chi connectivity index (χ1v) is 9.22. The molecular formula is C21H21N5O2. The summed E-state index contributed by atoms with van der Waals surface area (Å²) in [6, 6.07) is 13.1. The molecular weight excluding hydrogens is 354 g/mol. The molecule has 1 aromatic carbocycles. The molecule has 7 nitrogen and oxygen atoms in total. The summed E-state index contributed by atoms with van der Waals surface area (Å²) >= 11 is 0. The molecule has 2 aromatic heterocycles. The fraction of sp³-hybridized carbons (Fsp3) is 0.238. The van der Waals surface area contributed by atoms with Gasteiger partial charge in [0.1, 0.15) is 0 Å². The van der Waals surface area contributed by atoms with E-state index in [0.29, 0.717) is 25.2 Å². The minimum absolute atomic E-state index is 0.00989. The van der Waals surface area contributed by atoms with Crippen molar-refractivity contribution >= 4 is 22.8 Å². The molecule has 4 rings (SSSR count). The molecule has 142 valence electrons. The van der Waals surface area contributed by atoms with Gasteiger partial charge in [0.15, 0.2) is 0 Å². The van der Waals surface area contributed by atoms with Crippen molar-refractivity contribution in [2.75, 3.05) is 33.2 Å². The Bertz CT molecular complexity index is 1010. The molecule has 1 aliphatic rings. The standard InChI is InChI=1S/C21H21N5O2/c1-25-13-14-26(21(25)28)12-11-24-20(27)16-6-4-15(5-7-16)19-17-3-2-9-22-18(17)8-10-23-19/h2-10H,11-14H2,1H3,(H,24,27).